The standard InChI is InChI=1S/C17H17ClN4O/c1-10-7-11(2)19-16-14(10)15(21-22(16)3)20-17(23)13-6-4-5-12(8-13)9-18/h4-8H,9H2,1-3H3,(H,20,21,23). The molecule has 0 saturated heterocycles. The molecule has 2 aromatic heterocycles. The Morgan fingerprint density at radius 2 is 2.09 bits per heavy atom. The summed E-state index contributed by atoms with van der Waals surface area (Å²) >= 11 is 5.83. The highest BCUT2D eigenvalue weighted by Crippen LogP contribution is 2.25. The van der Waals surface area contributed by atoms with Crippen LogP contribution in [0, 0.1) is 13.8 Å². The Labute approximate surface area is 139 Å². The van der Waals surface area contributed by atoms with E-state index in [9.17, 15) is 4.79 Å². The fourth-order valence-corrected chi connectivity index (χ4v) is 2.82. The number of alkyl halides is 1. The fraction of sp³-hybridized carbons (Fsp3) is 0.235. The first-order chi connectivity index (χ1) is 11.0. The zero-order valence-electron chi connectivity index (χ0n) is 13.2. The van der Waals surface area contributed by atoms with Gasteiger partial charge in [-0.05, 0) is 43.2 Å². The number of fused-ring (bicyclic) bond motifs is 1. The Hall–Kier alpha value is -2.40. The van der Waals surface area contributed by atoms with Crippen LogP contribution in [0.3, 0.4) is 0 Å². The van der Waals surface area contributed by atoms with E-state index in [1.807, 2.05) is 39.1 Å². The van der Waals surface area contributed by atoms with Gasteiger partial charge in [-0.3, -0.25) is 4.79 Å². The van der Waals surface area contributed by atoms with Crippen molar-refractivity contribution < 1.29 is 4.79 Å². The molecule has 23 heavy (non-hydrogen) atoms. The number of rotatable bonds is 3. The molecule has 3 aromatic rings. The zero-order chi connectivity index (χ0) is 16.6. The Morgan fingerprint density at radius 3 is 2.83 bits per heavy atom. The highest BCUT2D eigenvalue weighted by Gasteiger charge is 2.16. The van der Waals surface area contributed by atoms with Crippen LogP contribution in [0.1, 0.15) is 27.2 Å². The number of nitrogens with one attached hydrogen (secondary N) is 1. The number of aromatic nitrogens is 3. The molecule has 2 heterocycles. The Morgan fingerprint density at radius 1 is 1.30 bits per heavy atom. The summed E-state index contributed by atoms with van der Waals surface area (Å²) in [6, 6.07) is 9.22. The number of carbonyl (C=O) groups is 1. The number of hydrogen-bond donors (Lipinski definition) is 1. The van der Waals surface area contributed by atoms with E-state index in [-0.39, 0.29) is 5.91 Å². The topological polar surface area (TPSA) is 59.8 Å². The minimum Gasteiger partial charge on any atom is -0.304 e. The summed E-state index contributed by atoms with van der Waals surface area (Å²) in [6.45, 7) is 3.93. The Balaban J connectivity index is 2.00. The average Bonchev–Trinajstić information content (AvgIpc) is 2.83. The average molecular weight is 329 g/mol. The normalized spacial score (nSPS) is 11.0. The number of carbonyl (C=O) groups excluding carboxylic acids is 1. The summed E-state index contributed by atoms with van der Waals surface area (Å²) in [5.74, 6) is 0.682. The molecule has 3 rings (SSSR count). The number of benzene rings is 1. The third-order valence-corrected chi connectivity index (χ3v) is 4.00. The molecule has 0 unspecified atom stereocenters. The third kappa shape index (κ3) is 2.92. The molecule has 0 aliphatic rings. The van der Waals surface area contributed by atoms with Gasteiger partial charge in [-0.2, -0.15) is 5.10 Å². The quantitative estimate of drug-likeness (QED) is 0.748. The van der Waals surface area contributed by atoms with Gasteiger partial charge < -0.3 is 5.32 Å². The van der Waals surface area contributed by atoms with Crippen molar-refractivity contribution in [2.24, 2.45) is 7.05 Å². The molecule has 0 fully saturated rings. The molecule has 5 nitrogen and oxygen atoms in total. The lowest BCUT2D eigenvalue weighted by molar-refractivity contribution is 0.102. The van der Waals surface area contributed by atoms with E-state index in [2.05, 4.69) is 15.4 Å². The molecule has 118 valence electrons. The largest absolute Gasteiger partial charge is 0.304 e. The number of amides is 1. The van der Waals surface area contributed by atoms with Crippen LogP contribution >= 0.6 is 11.6 Å². The summed E-state index contributed by atoms with van der Waals surface area (Å²) in [7, 11) is 1.82. The van der Waals surface area contributed by atoms with E-state index in [1.165, 1.54) is 0 Å². The van der Waals surface area contributed by atoms with Crippen LogP contribution in [-0.4, -0.2) is 20.7 Å². The van der Waals surface area contributed by atoms with Gasteiger partial charge in [0.15, 0.2) is 11.5 Å². The molecule has 6 heteroatoms. The van der Waals surface area contributed by atoms with Crippen molar-refractivity contribution in [1.29, 1.82) is 0 Å². The Bertz CT molecular complexity index is 901. The van der Waals surface area contributed by atoms with Gasteiger partial charge in [-0.1, -0.05) is 12.1 Å². The summed E-state index contributed by atoms with van der Waals surface area (Å²) in [6.07, 6.45) is 0. The smallest absolute Gasteiger partial charge is 0.256 e. The lowest BCUT2D eigenvalue weighted by Gasteiger charge is -2.05. The second-order valence-electron chi connectivity index (χ2n) is 5.54. The summed E-state index contributed by atoms with van der Waals surface area (Å²) in [5, 5.41) is 8.14. The van der Waals surface area contributed by atoms with Crippen LogP contribution in [0.4, 0.5) is 5.82 Å². The van der Waals surface area contributed by atoms with Crippen molar-refractivity contribution in [3.8, 4) is 0 Å². The van der Waals surface area contributed by atoms with Crippen LogP contribution in [0.25, 0.3) is 11.0 Å². The van der Waals surface area contributed by atoms with Gasteiger partial charge in [0.2, 0.25) is 0 Å². The van der Waals surface area contributed by atoms with Gasteiger partial charge in [0.25, 0.3) is 5.91 Å². The van der Waals surface area contributed by atoms with E-state index >= 15 is 0 Å². The van der Waals surface area contributed by atoms with Crippen molar-refractivity contribution in [3.63, 3.8) is 0 Å². The molecule has 1 aromatic carbocycles. The molecule has 0 aliphatic carbocycles. The molecule has 0 radical (unpaired) electrons. The van der Waals surface area contributed by atoms with Gasteiger partial charge >= 0.3 is 0 Å². The summed E-state index contributed by atoms with van der Waals surface area (Å²) < 4.78 is 1.68. The second kappa shape index (κ2) is 6.01. The minimum absolute atomic E-state index is 0.211. The monoisotopic (exact) mass is 328 g/mol. The first kappa shape index (κ1) is 15.5. The van der Waals surface area contributed by atoms with E-state index in [0.29, 0.717) is 17.3 Å². The summed E-state index contributed by atoms with van der Waals surface area (Å²) in [5.41, 5.74) is 4.17. The lowest BCUT2D eigenvalue weighted by atomic mass is 10.1. The van der Waals surface area contributed by atoms with E-state index in [4.69, 9.17) is 11.6 Å². The fourth-order valence-electron chi connectivity index (χ4n) is 2.65. The maximum atomic E-state index is 12.5. The van der Waals surface area contributed by atoms with Crippen molar-refractivity contribution in [2.45, 2.75) is 19.7 Å². The number of hydrogen-bond acceptors (Lipinski definition) is 3. The molecular formula is C17H17ClN4O. The first-order valence-electron chi connectivity index (χ1n) is 7.27. The molecule has 0 atom stereocenters. The predicted molar refractivity (Wildman–Crippen MR) is 91.9 cm³/mol. The van der Waals surface area contributed by atoms with Crippen LogP contribution in [0.15, 0.2) is 30.3 Å². The van der Waals surface area contributed by atoms with E-state index in [1.54, 1.807) is 16.8 Å². The van der Waals surface area contributed by atoms with E-state index in [0.717, 1.165) is 27.9 Å². The second-order valence-corrected chi connectivity index (χ2v) is 5.81. The minimum atomic E-state index is -0.211. The van der Waals surface area contributed by atoms with Crippen molar-refractivity contribution in [2.75, 3.05) is 5.32 Å². The van der Waals surface area contributed by atoms with Crippen molar-refractivity contribution >= 4 is 34.4 Å². The highest BCUT2D eigenvalue weighted by molar-refractivity contribution is 6.17. The van der Waals surface area contributed by atoms with Gasteiger partial charge in [0.1, 0.15) is 0 Å². The SMILES string of the molecule is Cc1cc(C)c2c(NC(=O)c3cccc(CCl)c3)nn(C)c2n1. The van der Waals surface area contributed by atoms with Crippen molar-refractivity contribution in [3.05, 3.63) is 52.7 Å². The molecule has 0 saturated carbocycles. The molecule has 0 spiro atoms. The number of anilines is 1. The number of aryl methyl sites for hydroxylation is 3. The zero-order valence-corrected chi connectivity index (χ0v) is 14.0. The van der Waals surface area contributed by atoms with Crippen molar-refractivity contribution in [1.82, 2.24) is 14.8 Å². The van der Waals surface area contributed by atoms with Gasteiger partial charge in [0.05, 0.1) is 5.39 Å². The first-order valence-corrected chi connectivity index (χ1v) is 7.80. The number of pyridine rings is 1. The molecule has 1 N–H and O–H groups in total. The third-order valence-electron chi connectivity index (χ3n) is 3.69. The summed E-state index contributed by atoms with van der Waals surface area (Å²) in [4.78, 5) is 17.0. The molecule has 0 aliphatic heterocycles. The number of nitrogens with zero attached hydrogens (tertiary/aromatic N) is 3. The van der Waals surface area contributed by atoms with Crippen LogP contribution in [0.5, 0.6) is 0 Å². The molecule has 0 bridgehead atoms. The van der Waals surface area contributed by atoms with Crippen LogP contribution in [0.2, 0.25) is 0 Å². The molecular weight excluding hydrogens is 312 g/mol. The maximum Gasteiger partial charge on any atom is 0.256 e. The maximum absolute atomic E-state index is 12.5. The van der Waals surface area contributed by atoms with Gasteiger partial charge in [-0.15, -0.1) is 11.6 Å². The van der Waals surface area contributed by atoms with Crippen LogP contribution in [-0.2, 0) is 12.9 Å². The number of halogens is 1. The van der Waals surface area contributed by atoms with Crippen LogP contribution < -0.4 is 5.32 Å². The predicted octanol–water partition coefficient (Wildman–Crippen LogP) is 3.58. The lowest BCUT2D eigenvalue weighted by Crippen LogP contribution is -2.13. The van der Waals surface area contributed by atoms with Gasteiger partial charge in [0, 0.05) is 24.2 Å². The highest BCUT2D eigenvalue weighted by atomic mass is 35.5. The van der Waals surface area contributed by atoms with E-state index < -0.39 is 0 Å². The Kier molecular flexibility index (Phi) is 4.05. The molecule has 1 amide bonds. The van der Waals surface area contributed by atoms with Gasteiger partial charge in [-0.25, -0.2) is 9.67 Å².